The van der Waals surface area contributed by atoms with Crippen LogP contribution < -0.4 is 0 Å². The van der Waals surface area contributed by atoms with E-state index in [9.17, 15) is 0 Å². The standard InChI is InChI=1S/C42H24N2S2/c1-2-10-25(11-3-1)26-18-20-27(21-19-26)33-24-35(44-40-32-15-7-9-17-37(32)46-42(33)40)39-30-14-5-4-13-29(30)38-34(43-39)23-22-31-28-12-6-8-16-36(28)45-41(31)38/h1-24H. The zero-order valence-electron chi connectivity index (χ0n) is 24.6. The van der Waals surface area contributed by atoms with Gasteiger partial charge in [-0.2, -0.15) is 0 Å². The minimum absolute atomic E-state index is 0.896. The fraction of sp³-hybridized carbons (Fsp3) is 0. The van der Waals surface area contributed by atoms with Gasteiger partial charge in [0.25, 0.3) is 0 Å². The van der Waals surface area contributed by atoms with Crippen LogP contribution in [0.2, 0.25) is 0 Å². The Balaban J connectivity index is 1.25. The van der Waals surface area contributed by atoms with E-state index in [1.165, 1.54) is 68.0 Å². The van der Waals surface area contributed by atoms with E-state index in [0.29, 0.717) is 0 Å². The Kier molecular flexibility index (Phi) is 5.65. The highest BCUT2D eigenvalue weighted by Crippen LogP contribution is 2.45. The minimum atomic E-state index is 0.896. The summed E-state index contributed by atoms with van der Waals surface area (Å²) >= 11 is 3.67. The van der Waals surface area contributed by atoms with Crippen molar-refractivity contribution in [2.24, 2.45) is 0 Å². The second-order valence-corrected chi connectivity index (χ2v) is 13.8. The van der Waals surface area contributed by atoms with Crippen LogP contribution in [0.4, 0.5) is 0 Å². The summed E-state index contributed by atoms with van der Waals surface area (Å²) in [5, 5.41) is 7.33. The van der Waals surface area contributed by atoms with Crippen molar-refractivity contribution in [1.29, 1.82) is 0 Å². The number of hydrogen-bond donors (Lipinski definition) is 0. The third-order valence-corrected chi connectivity index (χ3v) is 11.5. The molecule has 0 bridgehead atoms. The van der Waals surface area contributed by atoms with E-state index in [1.54, 1.807) is 0 Å². The first kappa shape index (κ1) is 25.9. The molecular weight excluding hydrogens is 597 g/mol. The van der Waals surface area contributed by atoms with Crippen molar-refractivity contribution in [3.05, 3.63) is 146 Å². The molecule has 214 valence electrons. The maximum absolute atomic E-state index is 5.40. The van der Waals surface area contributed by atoms with Crippen LogP contribution in [0.15, 0.2) is 146 Å². The lowest BCUT2D eigenvalue weighted by molar-refractivity contribution is 1.35. The largest absolute Gasteiger partial charge is 0.245 e. The molecule has 0 aliphatic carbocycles. The third-order valence-electron chi connectivity index (χ3n) is 9.08. The number of nitrogens with zero attached hydrogens (tertiary/aromatic N) is 2. The predicted octanol–water partition coefficient (Wildman–Crippen LogP) is 12.5. The topological polar surface area (TPSA) is 25.8 Å². The van der Waals surface area contributed by atoms with Crippen molar-refractivity contribution in [3.63, 3.8) is 0 Å². The molecule has 6 aromatic carbocycles. The highest BCUT2D eigenvalue weighted by Gasteiger charge is 2.19. The molecule has 0 aliphatic heterocycles. The van der Waals surface area contributed by atoms with Crippen molar-refractivity contribution >= 4 is 84.8 Å². The van der Waals surface area contributed by atoms with Gasteiger partial charge in [0.2, 0.25) is 0 Å². The van der Waals surface area contributed by atoms with Crippen molar-refractivity contribution in [2.75, 3.05) is 0 Å². The van der Waals surface area contributed by atoms with Crippen LogP contribution in [-0.2, 0) is 0 Å². The second kappa shape index (κ2) is 10.0. The maximum atomic E-state index is 5.40. The Bertz CT molecular complexity index is 2790. The lowest BCUT2D eigenvalue weighted by Gasteiger charge is -2.13. The molecule has 0 saturated carbocycles. The smallest absolute Gasteiger partial charge is 0.0972 e. The molecule has 0 unspecified atom stereocenters. The van der Waals surface area contributed by atoms with Crippen LogP contribution in [0.5, 0.6) is 0 Å². The van der Waals surface area contributed by atoms with Crippen LogP contribution in [0.25, 0.3) is 95.8 Å². The van der Waals surface area contributed by atoms with Crippen molar-refractivity contribution < 1.29 is 0 Å². The average molecular weight is 621 g/mol. The molecule has 10 aromatic rings. The average Bonchev–Trinajstić information content (AvgIpc) is 3.70. The summed E-state index contributed by atoms with van der Waals surface area (Å²) in [5.41, 5.74) is 8.64. The summed E-state index contributed by atoms with van der Waals surface area (Å²) in [4.78, 5) is 10.8. The van der Waals surface area contributed by atoms with Gasteiger partial charge in [0.1, 0.15) is 0 Å². The maximum Gasteiger partial charge on any atom is 0.0972 e. The van der Waals surface area contributed by atoms with E-state index in [0.717, 1.165) is 27.8 Å². The molecule has 2 nitrogen and oxygen atoms in total. The molecule has 10 rings (SSSR count). The molecular formula is C42H24N2S2. The quantitative estimate of drug-likeness (QED) is 0.184. The van der Waals surface area contributed by atoms with E-state index in [-0.39, 0.29) is 0 Å². The summed E-state index contributed by atoms with van der Waals surface area (Å²) in [5.74, 6) is 0. The Morgan fingerprint density at radius 1 is 0.413 bits per heavy atom. The van der Waals surface area contributed by atoms with Gasteiger partial charge in [0.15, 0.2) is 0 Å². The number of benzene rings is 6. The molecule has 4 heterocycles. The van der Waals surface area contributed by atoms with Gasteiger partial charge in [-0.25, -0.2) is 9.97 Å². The molecule has 0 spiro atoms. The van der Waals surface area contributed by atoms with E-state index in [1.807, 2.05) is 22.7 Å². The van der Waals surface area contributed by atoms with Crippen LogP contribution in [-0.4, -0.2) is 9.97 Å². The molecule has 4 aromatic heterocycles. The van der Waals surface area contributed by atoms with Crippen LogP contribution in [0, 0.1) is 0 Å². The van der Waals surface area contributed by atoms with Gasteiger partial charge in [-0.05, 0) is 46.3 Å². The molecule has 4 heteroatoms. The third kappa shape index (κ3) is 3.87. The van der Waals surface area contributed by atoms with Gasteiger partial charge in [0, 0.05) is 46.6 Å². The molecule has 0 radical (unpaired) electrons. The summed E-state index contributed by atoms with van der Waals surface area (Å²) in [6.45, 7) is 0. The summed E-state index contributed by atoms with van der Waals surface area (Å²) in [6, 6.07) is 52.2. The fourth-order valence-corrected chi connectivity index (χ4v) is 9.34. The minimum Gasteiger partial charge on any atom is -0.245 e. The lowest BCUT2D eigenvalue weighted by atomic mass is 9.97. The highest BCUT2D eigenvalue weighted by atomic mass is 32.1. The Hall–Kier alpha value is -5.42. The second-order valence-electron chi connectivity index (χ2n) is 11.7. The molecule has 0 amide bonds. The molecule has 46 heavy (non-hydrogen) atoms. The van der Waals surface area contributed by atoms with Crippen LogP contribution in [0.3, 0.4) is 0 Å². The zero-order valence-corrected chi connectivity index (χ0v) is 26.2. The van der Waals surface area contributed by atoms with Gasteiger partial charge in [0.05, 0.1) is 27.1 Å². The SMILES string of the molecule is c1ccc(-c2ccc(-c3cc(-c4nc5ccc6c7ccccc7sc6c5c5ccccc45)nc4c3sc3ccccc34)cc2)cc1. The van der Waals surface area contributed by atoms with Gasteiger partial charge < -0.3 is 0 Å². The van der Waals surface area contributed by atoms with E-state index < -0.39 is 0 Å². The summed E-state index contributed by atoms with van der Waals surface area (Å²) in [6.07, 6.45) is 0. The number of pyridine rings is 2. The number of aromatic nitrogens is 2. The number of thiophene rings is 2. The van der Waals surface area contributed by atoms with Gasteiger partial charge in [-0.3, -0.25) is 0 Å². The van der Waals surface area contributed by atoms with E-state index >= 15 is 0 Å². The van der Waals surface area contributed by atoms with Gasteiger partial charge in [-0.1, -0.05) is 121 Å². The lowest BCUT2D eigenvalue weighted by Crippen LogP contribution is -1.94. The van der Waals surface area contributed by atoms with Crippen LogP contribution in [0.1, 0.15) is 0 Å². The monoisotopic (exact) mass is 620 g/mol. The van der Waals surface area contributed by atoms with Crippen molar-refractivity contribution in [1.82, 2.24) is 9.97 Å². The zero-order chi connectivity index (χ0) is 30.2. The Morgan fingerprint density at radius 3 is 1.83 bits per heavy atom. The summed E-state index contributed by atoms with van der Waals surface area (Å²) < 4.78 is 5.04. The highest BCUT2D eigenvalue weighted by molar-refractivity contribution is 7.27. The van der Waals surface area contributed by atoms with E-state index in [2.05, 4.69) is 146 Å². The number of fused-ring (bicyclic) bond motifs is 10. The fourth-order valence-electron chi connectivity index (χ4n) is 6.90. The van der Waals surface area contributed by atoms with Gasteiger partial charge >= 0.3 is 0 Å². The first-order valence-corrected chi connectivity index (χ1v) is 17.0. The molecule has 0 N–H and O–H groups in total. The predicted molar refractivity (Wildman–Crippen MR) is 199 cm³/mol. The molecule has 0 fully saturated rings. The molecule has 0 saturated heterocycles. The van der Waals surface area contributed by atoms with Crippen LogP contribution >= 0.6 is 22.7 Å². The first-order valence-electron chi connectivity index (χ1n) is 15.4. The first-order chi connectivity index (χ1) is 22.8. The van der Waals surface area contributed by atoms with Gasteiger partial charge in [-0.15, -0.1) is 22.7 Å². The van der Waals surface area contributed by atoms with Crippen molar-refractivity contribution in [3.8, 4) is 33.6 Å². The van der Waals surface area contributed by atoms with Crippen molar-refractivity contribution in [2.45, 2.75) is 0 Å². The number of rotatable bonds is 3. The normalized spacial score (nSPS) is 11.9. The molecule has 0 atom stereocenters. The van der Waals surface area contributed by atoms with E-state index in [4.69, 9.17) is 9.97 Å². The summed E-state index contributed by atoms with van der Waals surface area (Å²) in [7, 11) is 0. The number of hydrogen-bond acceptors (Lipinski definition) is 4. The molecule has 0 aliphatic rings. The Morgan fingerprint density at radius 2 is 1.02 bits per heavy atom. The Labute approximate surface area is 272 Å².